The maximum atomic E-state index is 5.56. The molecule has 0 amide bonds. The number of hydrogen-bond donors (Lipinski definition) is 0. The lowest BCUT2D eigenvalue weighted by Crippen LogP contribution is -1.79. The fraction of sp³-hybridized carbons (Fsp3) is 0.333. The first-order valence-corrected chi connectivity index (χ1v) is 5.21. The van der Waals surface area contributed by atoms with Crippen LogP contribution in [0.5, 0.6) is 0 Å². The van der Waals surface area contributed by atoms with E-state index in [2.05, 4.69) is 43.3 Å². The Bertz CT molecular complexity index is 259. The first-order valence-electron chi connectivity index (χ1n) is 4.68. The van der Waals surface area contributed by atoms with E-state index in [0.29, 0.717) is 5.88 Å². The van der Waals surface area contributed by atoms with E-state index in [1.54, 1.807) is 0 Å². The summed E-state index contributed by atoms with van der Waals surface area (Å²) in [4.78, 5) is 0. The second kappa shape index (κ2) is 5.82. The highest BCUT2D eigenvalue weighted by molar-refractivity contribution is 6.17. The topological polar surface area (TPSA) is 0 Å². The number of allylic oxidation sites excluding steroid dienone is 1. The lowest BCUT2D eigenvalue weighted by atomic mass is 10.1. The van der Waals surface area contributed by atoms with Crippen molar-refractivity contribution in [1.82, 2.24) is 0 Å². The van der Waals surface area contributed by atoms with Gasteiger partial charge in [0, 0.05) is 5.88 Å². The zero-order valence-electron chi connectivity index (χ0n) is 7.96. The van der Waals surface area contributed by atoms with Crippen molar-refractivity contribution in [3.63, 3.8) is 0 Å². The molecule has 0 aliphatic carbocycles. The molecular formula is C12H15Cl. The summed E-state index contributed by atoms with van der Waals surface area (Å²) in [5, 5.41) is 0. The van der Waals surface area contributed by atoms with E-state index < -0.39 is 0 Å². The Balaban J connectivity index is 2.58. The summed E-state index contributed by atoms with van der Waals surface area (Å²) in [5.41, 5.74) is 2.64. The van der Waals surface area contributed by atoms with Gasteiger partial charge < -0.3 is 0 Å². The lowest BCUT2D eigenvalue weighted by Gasteiger charge is -1.96. The highest BCUT2D eigenvalue weighted by Gasteiger charge is 1.88. The highest BCUT2D eigenvalue weighted by Crippen LogP contribution is 2.07. The van der Waals surface area contributed by atoms with Gasteiger partial charge in [0.25, 0.3) is 0 Å². The Morgan fingerprint density at radius 2 is 1.92 bits per heavy atom. The van der Waals surface area contributed by atoms with Gasteiger partial charge in [0.1, 0.15) is 0 Å². The van der Waals surface area contributed by atoms with Crippen molar-refractivity contribution in [2.75, 3.05) is 5.88 Å². The van der Waals surface area contributed by atoms with Gasteiger partial charge in [-0.05, 0) is 24.0 Å². The summed E-state index contributed by atoms with van der Waals surface area (Å²) < 4.78 is 0. The molecule has 1 rings (SSSR count). The molecule has 0 nitrogen and oxygen atoms in total. The van der Waals surface area contributed by atoms with Gasteiger partial charge in [-0.25, -0.2) is 0 Å². The minimum absolute atomic E-state index is 0.698. The number of halogens is 1. The molecule has 1 aromatic rings. The average molecular weight is 195 g/mol. The minimum Gasteiger partial charge on any atom is -0.126 e. The molecule has 0 aliphatic rings. The first kappa shape index (κ1) is 10.3. The molecule has 70 valence electrons. The van der Waals surface area contributed by atoms with Crippen LogP contribution in [0.15, 0.2) is 30.3 Å². The van der Waals surface area contributed by atoms with Gasteiger partial charge in [-0.2, -0.15) is 0 Å². The molecular weight excluding hydrogens is 180 g/mol. The zero-order chi connectivity index (χ0) is 9.52. The molecule has 1 heteroatoms. The van der Waals surface area contributed by atoms with E-state index in [0.717, 1.165) is 12.8 Å². The van der Waals surface area contributed by atoms with E-state index in [1.807, 2.05) is 0 Å². The van der Waals surface area contributed by atoms with Crippen LogP contribution in [0.25, 0.3) is 6.08 Å². The van der Waals surface area contributed by atoms with Crippen LogP contribution in [0.1, 0.15) is 24.5 Å². The van der Waals surface area contributed by atoms with Crippen molar-refractivity contribution < 1.29 is 0 Å². The summed E-state index contributed by atoms with van der Waals surface area (Å²) in [6.07, 6.45) is 6.26. The normalized spacial score (nSPS) is 10.9. The van der Waals surface area contributed by atoms with Crippen LogP contribution in [0.2, 0.25) is 0 Å². The van der Waals surface area contributed by atoms with Crippen LogP contribution >= 0.6 is 11.6 Å². The van der Waals surface area contributed by atoms with Gasteiger partial charge in [0.2, 0.25) is 0 Å². The summed E-state index contributed by atoms with van der Waals surface area (Å²) in [7, 11) is 0. The molecule has 13 heavy (non-hydrogen) atoms. The highest BCUT2D eigenvalue weighted by atomic mass is 35.5. The first-order chi connectivity index (χ1) is 6.36. The molecule has 0 saturated carbocycles. The number of alkyl halides is 1. The summed E-state index contributed by atoms with van der Waals surface area (Å²) in [6, 6.07) is 8.62. The number of aryl methyl sites for hydroxylation is 1. The van der Waals surface area contributed by atoms with Crippen LogP contribution in [0, 0.1) is 0 Å². The van der Waals surface area contributed by atoms with E-state index in [9.17, 15) is 0 Å². The SMILES string of the molecule is CCc1ccc(C=CCCCl)cc1. The summed E-state index contributed by atoms with van der Waals surface area (Å²) >= 11 is 5.56. The molecule has 0 atom stereocenters. The Hall–Kier alpha value is -0.750. The Morgan fingerprint density at radius 3 is 2.46 bits per heavy atom. The smallest absolute Gasteiger partial charge is 0.0258 e. The number of benzene rings is 1. The standard InChI is InChI=1S/C12H15Cl/c1-2-11-6-8-12(9-7-11)5-3-4-10-13/h3,5-9H,2,4,10H2,1H3. The average Bonchev–Trinajstić information content (AvgIpc) is 2.19. The second-order valence-electron chi connectivity index (χ2n) is 2.98. The molecule has 0 unspecified atom stereocenters. The number of hydrogen-bond acceptors (Lipinski definition) is 0. The van der Waals surface area contributed by atoms with Gasteiger partial charge in [-0.1, -0.05) is 43.3 Å². The molecule has 0 heterocycles. The fourth-order valence-electron chi connectivity index (χ4n) is 1.15. The zero-order valence-corrected chi connectivity index (χ0v) is 8.72. The summed E-state index contributed by atoms with van der Waals surface area (Å²) in [6.45, 7) is 2.17. The maximum absolute atomic E-state index is 5.56. The van der Waals surface area contributed by atoms with E-state index >= 15 is 0 Å². The van der Waals surface area contributed by atoms with Gasteiger partial charge in [-0.3, -0.25) is 0 Å². The van der Waals surface area contributed by atoms with E-state index in [1.165, 1.54) is 11.1 Å². The van der Waals surface area contributed by atoms with Crippen molar-refractivity contribution in [2.45, 2.75) is 19.8 Å². The third-order valence-electron chi connectivity index (χ3n) is 1.97. The molecule has 0 spiro atoms. The van der Waals surface area contributed by atoms with Gasteiger partial charge in [-0.15, -0.1) is 11.6 Å². The third kappa shape index (κ3) is 3.65. The van der Waals surface area contributed by atoms with Crippen LogP contribution in [-0.2, 0) is 6.42 Å². The van der Waals surface area contributed by atoms with Crippen molar-refractivity contribution in [2.24, 2.45) is 0 Å². The van der Waals surface area contributed by atoms with E-state index in [-0.39, 0.29) is 0 Å². The minimum atomic E-state index is 0.698. The monoisotopic (exact) mass is 194 g/mol. The Kier molecular flexibility index (Phi) is 4.63. The molecule has 0 N–H and O–H groups in total. The molecule has 0 bridgehead atoms. The van der Waals surface area contributed by atoms with Crippen molar-refractivity contribution >= 4 is 17.7 Å². The van der Waals surface area contributed by atoms with Gasteiger partial charge >= 0.3 is 0 Å². The fourth-order valence-corrected chi connectivity index (χ4v) is 1.27. The predicted octanol–water partition coefficient (Wildman–Crippen LogP) is 3.89. The summed E-state index contributed by atoms with van der Waals surface area (Å²) in [5.74, 6) is 0.698. The maximum Gasteiger partial charge on any atom is 0.0258 e. The van der Waals surface area contributed by atoms with Crippen molar-refractivity contribution in [1.29, 1.82) is 0 Å². The van der Waals surface area contributed by atoms with E-state index in [4.69, 9.17) is 11.6 Å². The largest absolute Gasteiger partial charge is 0.126 e. The lowest BCUT2D eigenvalue weighted by molar-refractivity contribution is 1.14. The quantitative estimate of drug-likeness (QED) is 0.638. The Morgan fingerprint density at radius 1 is 1.23 bits per heavy atom. The molecule has 0 aliphatic heterocycles. The van der Waals surface area contributed by atoms with Gasteiger partial charge in [0.15, 0.2) is 0 Å². The van der Waals surface area contributed by atoms with Crippen molar-refractivity contribution in [3.8, 4) is 0 Å². The second-order valence-corrected chi connectivity index (χ2v) is 3.35. The predicted molar refractivity (Wildman–Crippen MR) is 60.2 cm³/mol. The Labute approximate surface area is 85.2 Å². The molecule has 1 aromatic carbocycles. The van der Waals surface area contributed by atoms with Crippen LogP contribution in [0.3, 0.4) is 0 Å². The number of rotatable bonds is 4. The molecule has 0 aromatic heterocycles. The van der Waals surface area contributed by atoms with Gasteiger partial charge in [0.05, 0.1) is 0 Å². The van der Waals surface area contributed by atoms with Crippen LogP contribution < -0.4 is 0 Å². The van der Waals surface area contributed by atoms with Crippen molar-refractivity contribution in [3.05, 3.63) is 41.5 Å². The molecule has 0 saturated heterocycles. The van der Waals surface area contributed by atoms with Crippen LogP contribution in [-0.4, -0.2) is 5.88 Å². The molecule has 0 radical (unpaired) electrons. The van der Waals surface area contributed by atoms with Crippen LogP contribution in [0.4, 0.5) is 0 Å². The third-order valence-corrected chi connectivity index (χ3v) is 2.19. The molecule has 0 fully saturated rings.